The van der Waals surface area contributed by atoms with Crippen molar-refractivity contribution in [2.75, 3.05) is 7.11 Å². The minimum Gasteiger partial charge on any atom is -0.393 e. The van der Waals surface area contributed by atoms with E-state index in [2.05, 4.69) is 48.5 Å². The predicted molar refractivity (Wildman–Crippen MR) is 140 cm³/mol. The molecule has 3 N–H and O–H groups in total. The van der Waals surface area contributed by atoms with E-state index in [1.54, 1.807) is 7.11 Å². The largest absolute Gasteiger partial charge is 0.393 e. The van der Waals surface area contributed by atoms with Crippen LogP contribution < -0.4 is 0 Å². The highest BCUT2D eigenvalue weighted by atomic mass is 16.5. The van der Waals surface area contributed by atoms with Crippen LogP contribution in [0.25, 0.3) is 0 Å². The first-order valence-electron chi connectivity index (χ1n) is 14.8. The molecule has 12 atom stereocenters. The summed E-state index contributed by atoms with van der Waals surface area (Å²) in [7, 11) is 1.73. The van der Waals surface area contributed by atoms with Crippen molar-refractivity contribution in [1.29, 1.82) is 0 Å². The summed E-state index contributed by atoms with van der Waals surface area (Å²) in [5.74, 6) is 2.24. The normalized spacial score (nSPS) is 52.6. The van der Waals surface area contributed by atoms with Crippen LogP contribution in [0.5, 0.6) is 0 Å². The van der Waals surface area contributed by atoms with E-state index in [1.807, 2.05) is 0 Å². The van der Waals surface area contributed by atoms with E-state index in [4.69, 9.17) is 4.74 Å². The Kier molecular flexibility index (Phi) is 6.17. The van der Waals surface area contributed by atoms with Gasteiger partial charge in [0.15, 0.2) is 0 Å². The second-order valence-corrected chi connectivity index (χ2v) is 15.3. The third kappa shape index (κ3) is 3.18. The van der Waals surface area contributed by atoms with Crippen LogP contribution in [0.1, 0.15) is 106 Å². The number of hydrogen-bond donors (Lipinski definition) is 3. The molecule has 2 spiro atoms. The van der Waals surface area contributed by atoms with Crippen molar-refractivity contribution in [3.05, 3.63) is 0 Å². The lowest BCUT2D eigenvalue weighted by atomic mass is 9.41. The summed E-state index contributed by atoms with van der Waals surface area (Å²) >= 11 is 0. The van der Waals surface area contributed by atoms with Crippen LogP contribution in [0.2, 0.25) is 0 Å². The number of methoxy groups -OCH3 is 1. The van der Waals surface area contributed by atoms with E-state index in [-0.39, 0.29) is 40.5 Å². The van der Waals surface area contributed by atoms with E-state index in [1.165, 1.54) is 38.5 Å². The van der Waals surface area contributed by atoms with Gasteiger partial charge in [0.1, 0.15) is 0 Å². The van der Waals surface area contributed by atoms with Crippen molar-refractivity contribution in [3.8, 4) is 0 Å². The van der Waals surface area contributed by atoms with Crippen LogP contribution in [-0.4, -0.2) is 46.8 Å². The summed E-state index contributed by atoms with van der Waals surface area (Å²) in [5, 5.41) is 33.5. The molecule has 0 aromatic rings. The van der Waals surface area contributed by atoms with Crippen molar-refractivity contribution in [3.63, 3.8) is 0 Å². The highest BCUT2D eigenvalue weighted by Crippen LogP contribution is 2.89. The standard InChI is InChI=1S/C31H54O4/c1-18(2)26(34)21(35-8)15-19(3)20-16-25(33)29(7)23-10-9-22-27(4,5)24(32)11-12-30(22)17-31(23,30)14-13-28(20,29)6/h18-26,32-34H,9-17H2,1-8H3/t19-,20-,21?,22+,23?,24?,25+,26?,28?,29-,30?,31?/m1/s1. The lowest BCUT2D eigenvalue weighted by Crippen LogP contribution is -2.59. The Balaban J connectivity index is 1.43. The fourth-order valence-corrected chi connectivity index (χ4v) is 11.6. The maximum absolute atomic E-state index is 11.8. The smallest absolute Gasteiger partial charge is 0.0835 e. The van der Waals surface area contributed by atoms with Crippen molar-refractivity contribution in [1.82, 2.24) is 0 Å². The van der Waals surface area contributed by atoms with Crippen LogP contribution in [0.4, 0.5) is 0 Å². The van der Waals surface area contributed by atoms with Gasteiger partial charge in [-0.3, -0.25) is 0 Å². The van der Waals surface area contributed by atoms with Gasteiger partial charge in [-0.15, -0.1) is 0 Å². The first-order valence-corrected chi connectivity index (χ1v) is 14.8. The summed E-state index contributed by atoms with van der Waals surface area (Å²) in [5.41, 5.74) is 0.839. The van der Waals surface area contributed by atoms with Gasteiger partial charge in [-0.05, 0) is 109 Å². The zero-order chi connectivity index (χ0) is 25.8. The molecule has 0 aromatic heterocycles. The van der Waals surface area contributed by atoms with E-state index < -0.39 is 6.10 Å². The average molecular weight is 491 g/mol. The van der Waals surface area contributed by atoms with Gasteiger partial charge in [-0.2, -0.15) is 0 Å². The van der Waals surface area contributed by atoms with Gasteiger partial charge in [-0.25, -0.2) is 0 Å². The summed E-state index contributed by atoms with van der Waals surface area (Å²) < 4.78 is 5.79. The fourth-order valence-electron chi connectivity index (χ4n) is 11.6. The second-order valence-electron chi connectivity index (χ2n) is 15.3. The molecular formula is C31H54O4. The molecule has 35 heavy (non-hydrogen) atoms. The molecule has 5 rings (SSSR count). The van der Waals surface area contributed by atoms with Crippen LogP contribution >= 0.6 is 0 Å². The summed E-state index contributed by atoms with van der Waals surface area (Å²) in [6.45, 7) is 16.1. The Morgan fingerprint density at radius 2 is 1.49 bits per heavy atom. The minimum atomic E-state index is -0.450. The number of aliphatic hydroxyl groups is 3. The van der Waals surface area contributed by atoms with Crippen molar-refractivity contribution < 1.29 is 20.1 Å². The molecule has 5 fully saturated rings. The monoisotopic (exact) mass is 490 g/mol. The Hall–Kier alpha value is -0.160. The Morgan fingerprint density at radius 3 is 2.11 bits per heavy atom. The second kappa shape index (κ2) is 8.17. The lowest BCUT2D eigenvalue weighted by molar-refractivity contribution is -0.182. The summed E-state index contributed by atoms with van der Waals surface area (Å²) in [6.07, 6.45) is 9.09. The van der Waals surface area contributed by atoms with Gasteiger partial charge in [0.25, 0.3) is 0 Å². The molecule has 0 amide bonds. The van der Waals surface area contributed by atoms with Gasteiger partial charge in [0.2, 0.25) is 0 Å². The quantitative estimate of drug-likeness (QED) is 0.439. The molecule has 5 aliphatic rings. The summed E-state index contributed by atoms with van der Waals surface area (Å²) in [6, 6.07) is 0. The zero-order valence-corrected chi connectivity index (χ0v) is 23.8. The van der Waals surface area contributed by atoms with E-state index >= 15 is 0 Å². The third-order valence-corrected chi connectivity index (χ3v) is 13.9. The third-order valence-electron chi connectivity index (χ3n) is 13.9. The molecule has 0 bridgehead atoms. The van der Waals surface area contributed by atoms with E-state index in [0.717, 1.165) is 19.3 Å². The highest BCUT2D eigenvalue weighted by molar-refractivity contribution is 5.31. The molecule has 0 aliphatic heterocycles. The van der Waals surface area contributed by atoms with Crippen molar-refractivity contribution >= 4 is 0 Å². The lowest BCUT2D eigenvalue weighted by Gasteiger charge is -2.63. The Morgan fingerprint density at radius 1 is 0.857 bits per heavy atom. The SMILES string of the molecule is COC(C[C@@H](C)[C@H]1C[C@H](O)[C@@]2(C)C3CC[C@H]4C(C)(C)C(O)CCC45CC35CCC12C)C(O)C(C)C. The molecule has 0 saturated heterocycles. The minimum absolute atomic E-state index is 0.00608. The van der Waals surface area contributed by atoms with E-state index in [9.17, 15) is 15.3 Å². The number of fused-ring (bicyclic) bond motifs is 2. The molecule has 0 radical (unpaired) electrons. The molecular weight excluding hydrogens is 436 g/mol. The van der Waals surface area contributed by atoms with Crippen LogP contribution in [-0.2, 0) is 4.74 Å². The maximum atomic E-state index is 11.8. The summed E-state index contributed by atoms with van der Waals surface area (Å²) in [4.78, 5) is 0. The van der Waals surface area contributed by atoms with Gasteiger partial charge < -0.3 is 20.1 Å². The van der Waals surface area contributed by atoms with E-state index in [0.29, 0.717) is 34.5 Å². The molecule has 5 aliphatic carbocycles. The molecule has 0 heterocycles. The van der Waals surface area contributed by atoms with Crippen molar-refractivity contribution in [2.45, 2.75) is 131 Å². The first kappa shape index (κ1) is 26.4. The number of aliphatic hydroxyl groups excluding tert-OH is 3. The molecule has 5 saturated carbocycles. The van der Waals surface area contributed by atoms with Crippen LogP contribution in [0, 0.1) is 56.7 Å². The fraction of sp³-hybridized carbons (Fsp3) is 1.00. The van der Waals surface area contributed by atoms with Gasteiger partial charge >= 0.3 is 0 Å². The molecule has 4 heteroatoms. The molecule has 0 aromatic carbocycles. The molecule has 4 nitrogen and oxygen atoms in total. The van der Waals surface area contributed by atoms with Crippen LogP contribution in [0.3, 0.4) is 0 Å². The Labute approximate surface area is 214 Å². The predicted octanol–water partition coefficient (Wildman–Crippen LogP) is 5.82. The van der Waals surface area contributed by atoms with Gasteiger partial charge in [-0.1, -0.05) is 48.5 Å². The average Bonchev–Trinajstić information content (AvgIpc) is 3.42. The maximum Gasteiger partial charge on any atom is 0.0835 e. The van der Waals surface area contributed by atoms with Crippen LogP contribution in [0.15, 0.2) is 0 Å². The number of hydrogen-bond acceptors (Lipinski definition) is 4. The number of rotatable bonds is 6. The van der Waals surface area contributed by atoms with Crippen molar-refractivity contribution in [2.24, 2.45) is 56.7 Å². The zero-order valence-electron chi connectivity index (χ0n) is 23.8. The molecule has 202 valence electrons. The Bertz CT molecular complexity index is 825. The first-order chi connectivity index (χ1) is 16.2. The van der Waals surface area contributed by atoms with Gasteiger partial charge in [0, 0.05) is 12.5 Å². The molecule has 7 unspecified atom stereocenters. The number of ether oxygens (including phenoxy) is 1. The highest BCUT2D eigenvalue weighted by Gasteiger charge is 2.83. The topological polar surface area (TPSA) is 69.9 Å². The van der Waals surface area contributed by atoms with Gasteiger partial charge in [0.05, 0.1) is 24.4 Å².